The molecule has 25 heavy (non-hydrogen) atoms. The molecule has 2 aromatic carbocycles. The van der Waals surface area contributed by atoms with Gasteiger partial charge in [0.05, 0.1) is 6.04 Å². The Morgan fingerprint density at radius 2 is 1.64 bits per heavy atom. The number of amides is 3. The Hall–Kier alpha value is -3.08. The fraction of sp³-hybridized carbons (Fsp3) is 0.200. The molecule has 0 radical (unpaired) electrons. The van der Waals surface area contributed by atoms with Crippen LogP contribution in [-0.2, 0) is 0 Å². The lowest BCUT2D eigenvalue weighted by Crippen LogP contribution is -2.50. The van der Waals surface area contributed by atoms with Crippen molar-refractivity contribution in [3.63, 3.8) is 0 Å². The summed E-state index contributed by atoms with van der Waals surface area (Å²) in [4.78, 5) is 26.3. The summed E-state index contributed by atoms with van der Waals surface area (Å²) in [6.45, 7) is 5.68. The minimum atomic E-state index is -0.706. The van der Waals surface area contributed by atoms with Gasteiger partial charge in [-0.1, -0.05) is 48.0 Å². The van der Waals surface area contributed by atoms with Crippen molar-refractivity contribution in [3.8, 4) is 5.75 Å². The van der Waals surface area contributed by atoms with Crippen molar-refractivity contribution in [1.29, 1.82) is 0 Å². The van der Waals surface area contributed by atoms with Gasteiger partial charge in [0.15, 0.2) is 0 Å². The molecule has 0 saturated heterocycles. The second-order valence-electron chi connectivity index (χ2n) is 6.10. The van der Waals surface area contributed by atoms with E-state index in [-0.39, 0.29) is 0 Å². The molecule has 2 aromatic rings. The van der Waals surface area contributed by atoms with Gasteiger partial charge in [0.25, 0.3) is 0 Å². The number of carbonyl (C=O) groups is 2. The highest BCUT2D eigenvalue weighted by atomic mass is 16.6. The number of allylic oxidation sites excluding steroid dienone is 1. The van der Waals surface area contributed by atoms with Gasteiger partial charge < -0.3 is 10.1 Å². The van der Waals surface area contributed by atoms with Crippen LogP contribution < -0.4 is 10.1 Å². The minimum absolute atomic E-state index is 0.402. The van der Waals surface area contributed by atoms with Crippen LogP contribution in [0.15, 0.2) is 65.9 Å². The molecule has 0 spiro atoms. The van der Waals surface area contributed by atoms with E-state index < -0.39 is 18.2 Å². The van der Waals surface area contributed by atoms with Gasteiger partial charge in [0, 0.05) is 5.70 Å². The van der Waals surface area contributed by atoms with Crippen molar-refractivity contribution in [3.05, 3.63) is 77.0 Å². The number of imide groups is 1. The molecule has 0 bridgehead atoms. The maximum Gasteiger partial charge on any atom is 0.424 e. The molecule has 1 aliphatic rings. The van der Waals surface area contributed by atoms with Crippen molar-refractivity contribution >= 4 is 12.1 Å². The van der Waals surface area contributed by atoms with Crippen molar-refractivity contribution < 1.29 is 14.3 Å². The topological polar surface area (TPSA) is 58.6 Å². The van der Waals surface area contributed by atoms with Crippen molar-refractivity contribution in [2.24, 2.45) is 0 Å². The molecule has 0 saturated carbocycles. The van der Waals surface area contributed by atoms with E-state index in [2.05, 4.69) is 5.32 Å². The maximum absolute atomic E-state index is 12.7. The maximum atomic E-state index is 12.7. The highest BCUT2D eigenvalue weighted by Gasteiger charge is 2.38. The van der Waals surface area contributed by atoms with Crippen LogP contribution in [0.4, 0.5) is 9.59 Å². The molecule has 0 aliphatic carbocycles. The van der Waals surface area contributed by atoms with E-state index in [9.17, 15) is 9.59 Å². The molecule has 1 aliphatic heterocycles. The summed E-state index contributed by atoms with van der Waals surface area (Å²) in [5, 5.41) is 2.72. The van der Waals surface area contributed by atoms with E-state index in [4.69, 9.17) is 4.74 Å². The molecule has 3 rings (SSSR count). The first-order valence-corrected chi connectivity index (χ1v) is 8.08. The molecule has 0 unspecified atom stereocenters. The summed E-state index contributed by atoms with van der Waals surface area (Å²) < 4.78 is 5.42. The van der Waals surface area contributed by atoms with Gasteiger partial charge in [0.2, 0.25) is 0 Å². The van der Waals surface area contributed by atoms with Gasteiger partial charge in [0.1, 0.15) is 5.75 Å². The number of hydrogen-bond acceptors (Lipinski definition) is 3. The third kappa shape index (κ3) is 3.40. The van der Waals surface area contributed by atoms with Crippen molar-refractivity contribution in [2.75, 3.05) is 0 Å². The van der Waals surface area contributed by atoms with E-state index in [1.165, 1.54) is 0 Å². The summed E-state index contributed by atoms with van der Waals surface area (Å²) in [7, 11) is 0. The standard InChI is InChI=1S/C20H20N2O3/c1-13-9-11-17(12-10-13)25-20(24)22-18(16-7-5-4-6-8-16)14(2)15(3)21-19(22)23/h4-12,18H,1-3H3,(H,21,23)/t18-/m1/s1. The number of nitrogens with zero attached hydrogens (tertiary/aromatic N) is 1. The van der Waals surface area contributed by atoms with Gasteiger partial charge in [-0.3, -0.25) is 0 Å². The molecule has 1 heterocycles. The quantitative estimate of drug-likeness (QED) is 0.875. The van der Waals surface area contributed by atoms with E-state index in [0.717, 1.165) is 27.3 Å². The lowest BCUT2D eigenvalue weighted by molar-refractivity contribution is 0.140. The molecular formula is C20H20N2O3. The van der Waals surface area contributed by atoms with Crippen LogP contribution in [0.2, 0.25) is 0 Å². The number of urea groups is 1. The zero-order valence-electron chi connectivity index (χ0n) is 14.4. The molecule has 5 heteroatoms. The zero-order chi connectivity index (χ0) is 18.0. The summed E-state index contributed by atoms with van der Waals surface area (Å²) in [6.07, 6.45) is -0.706. The van der Waals surface area contributed by atoms with Crippen LogP contribution in [0.25, 0.3) is 0 Å². The zero-order valence-corrected chi connectivity index (χ0v) is 14.4. The second-order valence-corrected chi connectivity index (χ2v) is 6.10. The van der Waals surface area contributed by atoms with Gasteiger partial charge in [-0.05, 0) is 44.0 Å². The largest absolute Gasteiger partial charge is 0.424 e. The van der Waals surface area contributed by atoms with Gasteiger partial charge in [-0.15, -0.1) is 0 Å². The van der Waals surface area contributed by atoms with E-state index in [1.54, 1.807) is 12.1 Å². The van der Waals surface area contributed by atoms with E-state index >= 15 is 0 Å². The van der Waals surface area contributed by atoms with E-state index in [0.29, 0.717) is 5.75 Å². The second kappa shape index (κ2) is 6.81. The van der Waals surface area contributed by atoms with E-state index in [1.807, 2.05) is 63.2 Å². The fourth-order valence-electron chi connectivity index (χ4n) is 2.81. The highest BCUT2D eigenvalue weighted by molar-refractivity contribution is 5.94. The Balaban J connectivity index is 1.95. The van der Waals surface area contributed by atoms with Crippen LogP contribution in [0.5, 0.6) is 5.75 Å². The molecule has 1 N–H and O–H groups in total. The Morgan fingerprint density at radius 3 is 2.28 bits per heavy atom. The molecule has 0 fully saturated rings. The fourth-order valence-corrected chi connectivity index (χ4v) is 2.81. The first-order chi connectivity index (χ1) is 12.0. The lowest BCUT2D eigenvalue weighted by atomic mass is 9.95. The van der Waals surface area contributed by atoms with Crippen LogP contribution in [0, 0.1) is 6.92 Å². The normalized spacial score (nSPS) is 17.3. The Morgan fingerprint density at radius 1 is 1.00 bits per heavy atom. The average molecular weight is 336 g/mol. The Bertz CT molecular complexity index is 826. The predicted molar refractivity (Wildman–Crippen MR) is 95.1 cm³/mol. The molecule has 1 atom stereocenters. The SMILES string of the molecule is CC1=C(C)[C@H](c2ccccc2)N(C(=O)Oc2ccc(C)cc2)C(=O)N1. The summed E-state index contributed by atoms with van der Waals surface area (Å²) in [6, 6.07) is 15.6. The molecule has 5 nitrogen and oxygen atoms in total. The Kier molecular flexibility index (Phi) is 4.57. The summed E-state index contributed by atoms with van der Waals surface area (Å²) in [5.41, 5.74) is 3.56. The van der Waals surface area contributed by atoms with Crippen LogP contribution in [0.1, 0.15) is 31.0 Å². The van der Waals surface area contributed by atoms with Crippen molar-refractivity contribution in [1.82, 2.24) is 10.2 Å². The van der Waals surface area contributed by atoms with Crippen LogP contribution >= 0.6 is 0 Å². The lowest BCUT2D eigenvalue weighted by Gasteiger charge is -2.35. The monoisotopic (exact) mass is 336 g/mol. The van der Waals surface area contributed by atoms with Gasteiger partial charge >= 0.3 is 12.1 Å². The molecule has 0 aromatic heterocycles. The first kappa shape index (κ1) is 16.8. The molecule has 128 valence electrons. The number of carbonyl (C=O) groups excluding carboxylic acids is 2. The average Bonchev–Trinajstić information content (AvgIpc) is 2.60. The number of aryl methyl sites for hydroxylation is 1. The number of rotatable bonds is 2. The highest BCUT2D eigenvalue weighted by Crippen LogP contribution is 2.33. The van der Waals surface area contributed by atoms with Crippen molar-refractivity contribution in [2.45, 2.75) is 26.8 Å². The smallest absolute Gasteiger partial charge is 0.410 e. The molecular weight excluding hydrogens is 316 g/mol. The summed E-state index contributed by atoms with van der Waals surface area (Å²) >= 11 is 0. The number of benzene rings is 2. The van der Waals surface area contributed by atoms with Gasteiger partial charge in [-0.2, -0.15) is 0 Å². The molecule has 3 amide bonds. The number of hydrogen-bond donors (Lipinski definition) is 1. The Labute approximate surface area is 146 Å². The predicted octanol–water partition coefficient (Wildman–Crippen LogP) is 4.55. The number of nitrogens with one attached hydrogen (secondary N) is 1. The van der Waals surface area contributed by atoms with Gasteiger partial charge in [-0.25, -0.2) is 14.5 Å². The number of ether oxygens (including phenoxy) is 1. The first-order valence-electron chi connectivity index (χ1n) is 8.08. The minimum Gasteiger partial charge on any atom is -0.410 e. The third-order valence-electron chi connectivity index (χ3n) is 4.31. The van der Waals surface area contributed by atoms with Crippen LogP contribution in [-0.4, -0.2) is 17.0 Å². The van der Waals surface area contributed by atoms with Crippen LogP contribution in [0.3, 0.4) is 0 Å². The summed E-state index contributed by atoms with van der Waals surface area (Å²) in [5.74, 6) is 0.402. The third-order valence-corrected chi connectivity index (χ3v) is 4.31.